The highest BCUT2D eigenvalue weighted by atomic mass is 79.9. The molecule has 0 fully saturated rings. The van der Waals surface area contributed by atoms with Gasteiger partial charge in [-0.05, 0) is 24.1 Å². The average molecular weight is 258 g/mol. The van der Waals surface area contributed by atoms with Crippen LogP contribution in [0.3, 0.4) is 0 Å². The third kappa shape index (κ3) is 2.73. The molecule has 0 aliphatic heterocycles. The van der Waals surface area contributed by atoms with Gasteiger partial charge in [-0.15, -0.1) is 0 Å². The van der Waals surface area contributed by atoms with Crippen molar-refractivity contribution in [3.63, 3.8) is 0 Å². The molecule has 0 unspecified atom stereocenters. The topological polar surface area (TPSA) is 40.5 Å². The summed E-state index contributed by atoms with van der Waals surface area (Å²) in [7, 11) is 1.54. The lowest BCUT2D eigenvalue weighted by Gasteiger charge is -2.13. The second-order valence-corrected chi connectivity index (χ2v) is 3.74. The Hall–Kier alpha value is -1.03. The van der Waals surface area contributed by atoms with Crippen molar-refractivity contribution in [2.75, 3.05) is 17.3 Å². The number of benzene rings is 1. The third-order valence-corrected chi connectivity index (χ3v) is 2.36. The lowest BCUT2D eigenvalue weighted by atomic mass is 10.1. The first kappa shape index (κ1) is 11.0. The predicted molar refractivity (Wildman–Crippen MR) is 60.4 cm³/mol. The molecule has 0 aromatic heterocycles. The van der Waals surface area contributed by atoms with E-state index in [1.807, 2.05) is 18.2 Å². The molecule has 0 spiro atoms. The lowest BCUT2D eigenvalue weighted by molar-refractivity contribution is 0.203. The zero-order valence-electron chi connectivity index (χ0n) is 7.90. The predicted octanol–water partition coefficient (Wildman–Crippen LogP) is 2.74. The highest BCUT2D eigenvalue weighted by Gasteiger charge is 2.07. The number of amides is 1. The summed E-state index contributed by atoms with van der Waals surface area (Å²) in [6.45, 7) is 0. The van der Waals surface area contributed by atoms with Gasteiger partial charge in [0.05, 0.1) is 0 Å². The van der Waals surface area contributed by atoms with Crippen LogP contribution >= 0.6 is 15.9 Å². The van der Waals surface area contributed by atoms with Gasteiger partial charge in [-0.2, -0.15) is 0 Å². The molecule has 4 heteroatoms. The van der Waals surface area contributed by atoms with Crippen molar-refractivity contribution in [3.05, 3.63) is 29.8 Å². The number of halogens is 1. The number of rotatable bonds is 3. The van der Waals surface area contributed by atoms with Gasteiger partial charge in [0.25, 0.3) is 0 Å². The first-order valence-corrected chi connectivity index (χ1v) is 5.39. The minimum atomic E-state index is -0.944. The highest BCUT2D eigenvalue weighted by molar-refractivity contribution is 9.09. The van der Waals surface area contributed by atoms with E-state index in [1.54, 1.807) is 6.07 Å². The monoisotopic (exact) mass is 257 g/mol. The Morgan fingerprint density at radius 3 is 2.86 bits per heavy atom. The van der Waals surface area contributed by atoms with Crippen molar-refractivity contribution < 1.29 is 9.90 Å². The number of nitrogens with zero attached hydrogens (tertiary/aromatic N) is 1. The third-order valence-electron chi connectivity index (χ3n) is 1.97. The Kier molecular flexibility index (Phi) is 3.95. The Labute approximate surface area is 91.5 Å². The molecular weight excluding hydrogens is 246 g/mol. The molecule has 1 rings (SSSR count). The van der Waals surface area contributed by atoms with Crippen molar-refractivity contribution in [2.24, 2.45) is 0 Å². The molecule has 76 valence electrons. The van der Waals surface area contributed by atoms with E-state index < -0.39 is 6.09 Å². The van der Waals surface area contributed by atoms with Gasteiger partial charge in [-0.25, -0.2) is 4.79 Å². The number of carboxylic acid groups (broad SMARTS) is 1. The first-order chi connectivity index (χ1) is 6.65. The lowest BCUT2D eigenvalue weighted by Crippen LogP contribution is -2.23. The average Bonchev–Trinajstić information content (AvgIpc) is 2.17. The van der Waals surface area contributed by atoms with Crippen molar-refractivity contribution in [2.45, 2.75) is 6.42 Å². The van der Waals surface area contributed by atoms with Crippen LogP contribution < -0.4 is 4.90 Å². The summed E-state index contributed by atoms with van der Waals surface area (Å²) in [5, 5.41) is 9.66. The molecule has 1 N–H and O–H groups in total. The van der Waals surface area contributed by atoms with Gasteiger partial charge in [-0.3, -0.25) is 4.90 Å². The molecule has 1 aromatic rings. The fourth-order valence-corrected chi connectivity index (χ4v) is 1.60. The zero-order chi connectivity index (χ0) is 10.6. The minimum Gasteiger partial charge on any atom is -0.465 e. The maximum atomic E-state index is 10.7. The second-order valence-electron chi connectivity index (χ2n) is 2.95. The summed E-state index contributed by atoms with van der Waals surface area (Å²) in [5.74, 6) is 0. The molecule has 1 amide bonds. The van der Waals surface area contributed by atoms with Gasteiger partial charge >= 0.3 is 6.09 Å². The standard InChI is InChI=1S/C10H12BrNO2/c1-12(10(13)14)9-4-2-3-8(7-9)5-6-11/h2-4,7H,5-6H2,1H3,(H,13,14). The summed E-state index contributed by atoms with van der Waals surface area (Å²) in [4.78, 5) is 11.9. The number of hydrogen-bond donors (Lipinski definition) is 1. The number of hydrogen-bond acceptors (Lipinski definition) is 1. The second kappa shape index (κ2) is 5.00. The van der Waals surface area contributed by atoms with E-state index in [2.05, 4.69) is 15.9 Å². The van der Waals surface area contributed by atoms with E-state index in [0.717, 1.165) is 17.3 Å². The van der Waals surface area contributed by atoms with Crippen molar-refractivity contribution >= 4 is 27.7 Å². The molecule has 0 aliphatic rings. The van der Waals surface area contributed by atoms with E-state index in [0.29, 0.717) is 5.69 Å². The van der Waals surface area contributed by atoms with Crippen LogP contribution in [0.15, 0.2) is 24.3 Å². The molecule has 0 saturated carbocycles. The number of anilines is 1. The molecular formula is C10H12BrNO2. The Morgan fingerprint density at radius 1 is 1.57 bits per heavy atom. The molecule has 0 radical (unpaired) electrons. The zero-order valence-corrected chi connectivity index (χ0v) is 9.49. The van der Waals surface area contributed by atoms with Gasteiger partial charge in [0, 0.05) is 18.1 Å². The highest BCUT2D eigenvalue weighted by Crippen LogP contribution is 2.15. The van der Waals surface area contributed by atoms with Crippen LogP contribution in [0.5, 0.6) is 0 Å². The summed E-state index contributed by atoms with van der Waals surface area (Å²) < 4.78 is 0. The fourth-order valence-electron chi connectivity index (χ4n) is 1.14. The van der Waals surface area contributed by atoms with Crippen LogP contribution in [0.2, 0.25) is 0 Å². The largest absolute Gasteiger partial charge is 0.465 e. The molecule has 0 bridgehead atoms. The Morgan fingerprint density at radius 2 is 2.29 bits per heavy atom. The van der Waals surface area contributed by atoms with Crippen LogP contribution in [-0.4, -0.2) is 23.6 Å². The van der Waals surface area contributed by atoms with Gasteiger partial charge in [0.1, 0.15) is 0 Å². The van der Waals surface area contributed by atoms with Gasteiger partial charge in [-0.1, -0.05) is 28.1 Å². The number of aryl methyl sites for hydroxylation is 1. The van der Waals surface area contributed by atoms with Gasteiger partial charge in [0.15, 0.2) is 0 Å². The molecule has 14 heavy (non-hydrogen) atoms. The van der Waals surface area contributed by atoms with E-state index >= 15 is 0 Å². The van der Waals surface area contributed by atoms with Crippen LogP contribution in [0.4, 0.5) is 10.5 Å². The summed E-state index contributed by atoms with van der Waals surface area (Å²) in [6.07, 6.45) is -0.0395. The summed E-state index contributed by atoms with van der Waals surface area (Å²) in [5.41, 5.74) is 1.84. The van der Waals surface area contributed by atoms with Crippen molar-refractivity contribution in [1.82, 2.24) is 0 Å². The van der Waals surface area contributed by atoms with Crippen LogP contribution in [0, 0.1) is 0 Å². The van der Waals surface area contributed by atoms with Crippen LogP contribution in [-0.2, 0) is 6.42 Å². The molecule has 3 nitrogen and oxygen atoms in total. The smallest absolute Gasteiger partial charge is 0.411 e. The fraction of sp³-hybridized carbons (Fsp3) is 0.300. The Bertz CT molecular complexity index is 328. The van der Waals surface area contributed by atoms with Crippen LogP contribution in [0.1, 0.15) is 5.56 Å². The Balaban J connectivity index is 2.87. The summed E-state index contributed by atoms with van der Waals surface area (Å²) >= 11 is 3.35. The van der Waals surface area contributed by atoms with E-state index in [9.17, 15) is 4.79 Å². The maximum absolute atomic E-state index is 10.7. The molecule has 0 atom stereocenters. The maximum Gasteiger partial charge on any atom is 0.411 e. The first-order valence-electron chi connectivity index (χ1n) is 4.26. The van der Waals surface area contributed by atoms with E-state index in [1.165, 1.54) is 11.9 Å². The molecule has 0 aliphatic carbocycles. The quantitative estimate of drug-likeness (QED) is 0.847. The van der Waals surface area contributed by atoms with Crippen molar-refractivity contribution in [3.8, 4) is 0 Å². The van der Waals surface area contributed by atoms with Crippen molar-refractivity contribution in [1.29, 1.82) is 0 Å². The SMILES string of the molecule is CN(C(=O)O)c1cccc(CCBr)c1. The normalized spacial score (nSPS) is 9.86. The van der Waals surface area contributed by atoms with Crippen LogP contribution in [0.25, 0.3) is 0 Å². The van der Waals surface area contributed by atoms with Gasteiger partial charge < -0.3 is 5.11 Å². The number of alkyl halides is 1. The molecule has 1 aromatic carbocycles. The summed E-state index contributed by atoms with van der Waals surface area (Å²) in [6, 6.07) is 7.52. The van der Waals surface area contributed by atoms with Gasteiger partial charge in [0.2, 0.25) is 0 Å². The number of carbonyl (C=O) groups is 1. The van der Waals surface area contributed by atoms with E-state index in [4.69, 9.17) is 5.11 Å². The minimum absolute atomic E-state index is 0.705. The molecule has 0 heterocycles. The molecule has 0 saturated heterocycles. The van der Waals surface area contributed by atoms with E-state index in [-0.39, 0.29) is 0 Å².